The van der Waals surface area contributed by atoms with E-state index in [2.05, 4.69) is 5.32 Å². The van der Waals surface area contributed by atoms with Crippen LogP contribution in [0.4, 0.5) is 13.2 Å². The van der Waals surface area contributed by atoms with Crippen LogP contribution in [0.15, 0.2) is 0 Å². The second kappa shape index (κ2) is 8.55. The molecule has 124 valence electrons. The van der Waals surface area contributed by atoms with Crippen molar-refractivity contribution in [1.82, 2.24) is 5.32 Å². The number of halogens is 3. The van der Waals surface area contributed by atoms with Crippen molar-refractivity contribution in [2.75, 3.05) is 20.3 Å². The summed E-state index contributed by atoms with van der Waals surface area (Å²) in [5.41, 5.74) is 5.70. The number of hydrogen-bond donors (Lipinski definition) is 2. The Kier molecular flexibility index (Phi) is 7.41. The predicted octanol–water partition coefficient (Wildman–Crippen LogP) is 1.36. The van der Waals surface area contributed by atoms with E-state index in [1.54, 1.807) is 0 Å². The zero-order valence-electron chi connectivity index (χ0n) is 12.1. The molecule has 3 atom stereocenters. The number of rotatable bonds is 7. The van der Waals surface area contributed by atoms with Gasteiger partial charge in [0.15, 0.2) is 0 Å². The highest BCUT2D eigenvalue weighted by Crippen LogP contribution is 2.24. The van der Waals surface area contributed by atoms with Crippen LogP contribution in [0.1, 0.15) is 32.1 Å². The van der Waals surface area contributed by atoms with Crippen molar-refractivity contribution < 1.29 is 27.4 Å². The Hall–Kier alpha value is -0.860. The van der Waals surface area contributed by atoms with E-state index in [1.807, 2.05) is 0 Å². The number of alkyl halides is 3. The minimum atomic E-state index is -4.32. The van der Waals surface area contributed by atoms with Crippen LogP contribution >= 0.6 is 0 Å². The van der Waals surface area contributed by atoms with Gasteiger partial charge in [-0.3, -0.25) is 4.79 Å². The molecule has 8 heteroatoms. The molecule has 0 spiro atoms. The molecule has 1 rings (SSSR count). The quantitative estimate of drug-likeness (QED) is 0.744. The topological polar surface area (TPSA) is 73.6 Å². The first kappa shape index (κ1) is 18.2. The molecule has 1 saturated carbocycles. The van der Waals surface area contributed by atoms with Gasteiger partial charge in [0.25, 0.3) is 0 Å². The molecule has 1 aliphatic carbocycles. The largest absolute Gasteiger partial charge is 0.411 e. The summed E-state index contributed by atoms with van der Waals surface area (Å²) >= 11 is 0. The van der Waals surface area contributed by atoms with Crippen molar-refractivity contribution in [1.29, 1.82) is 0 Å². The molecule has 3 unspecified atom stereocenters. The minimum Gasteiger partial charge on any atom is -0.385 e. The average Bonchev–Trinajstić information content (AvgIpc) is 2.42. The molecule has 1 fully saturated rings. The summed E-state index contributed by atoms with van der Waals surface area (Å²) in [6, 6.07) is -0.848. The number of carbonyl (C=O) groups is 1. The van der Waals surface area contributed by atoms with Gasteiger partial charge < -0.3 is 20.5 Å². The van der Waals surface area contributed by atoms with Crippen LogP contribution in [0.2, 0.25) is 0 Å². The predicted molar refractivity (Wildman–Crippen MR) is 70.7 cm³/mol. The lowest BCUT2D eigenvalue weighted by atomic mass is 9.92. The van der Waals surface area contributed by atoms with E-state index in [0.29, 0.717) is 25.9 Å². The fourth-order valence-electron chi connectivity index (χ4n) is 2.32. The first-order chi connectivity index (χ1) is 9.81. The third-order valence-corrected chi connectivity index (χ3v) is 3.42. The molecular weight excluding hydrogens is 289 g/mol. The number of carbonyl (C=O) groups excluding carboxylic acids is 1. The fourth-order valence-corrected chi connectivity index (χ4v) is 2.32. The van der Waals surface area contributed by atoms with Crippen molar-refractivity contribution in [3.05, 3.63) is 0 Å². The van der Waals surface area contributed by atoms with Crippen LogP contribution in [0.3, 0.4) is 0 Å². The summed E-state index contributed by atoms with van der Waals surface area (Å²) in [4.78, 5) is 11.8. The summed E-state index contributed by atoms with van der Waals surface area (Å²) in [5, 5.41) is 2.77. The van der Waals surface area contributed by atoms with Crippen LogP contribution in [-0.4, -0.2) is 50.6 Å². The monoisotopic (exact) mass is 312 g/mol. The molecule has 0 aromatic rings. The number of methoxy groups -OCH3 is 1. The number of amides is 1. The van der Waals surface area contributed by atoms with Gasteiger partial charge in [-0.1, -0.05) is 0 Å². The molecule has 0 heterocycles. The van der Waals surface area contributed by atoms with E-state index in [-0.39, 0.29) is 11.9 Å². The zero-order chi connectivity index (χ0) is 15.9. The SMILES string of the molecule is COCCC(N)C(=O)NC1CCCC(OCC(F)(F)F)C1. The molecule has 0 radical (unpaired) electrons. The van der Waals surface area contributed by atoms with E-state index >= 15 is 0 Å². The molecular formula is C13H23F3N2O3. The highest BCUT2D eigenvalue weighted by molar-refractivity contribution is 5.81. The lowest BCUT2D eigenvalue weighted by Gasteiger charge is -2.30. The van der Waals surface area contributed by atoms with Gasteiger partial charge in [-0.2, -0.15) is 13.2 Å². The second-order valence-electron chi connectivity index (χ2n) is 5.31. The van der Waals surface area contributed by atoms with Crippen LogP contribution < -0.4 is 11.1 Å². The van der Waals surface area contributed by atoms with Crippen LogP contribution in [0, 0.1) is 0 Å². The van der Waals surface area contributed by atoms with Crippen LogP contribution in [0.25, 0.3) is 0 Å². The summed E-state index contributed by atoms with van der Waals surface area (Å²) in [7, 11) is 1.52. The molecule has 0 aliphatic heterocycles. The summed E-state index contributed by atoms with van der Waals surface area (Å²) < 4.78 is 46.1. The smallest absolute Gasteiger partial charge is 0.385 e. The lowest BCUT2D eigenvalue weighted by Crippen LogP contribution is -2.48. The van der Waals surface area contributed by atoms with Crippen LogP contribution in [0.5, 0.6) is 0 Å². The third-order valence-electron chi connectivity index (χ3n) is 3.42. The Labute approximate surface area is 122 Å². The Balaban J connectivity index is 2.33. The molecule has 0 saturated heterocycles. The maximum atomic E-state index is 12.1. The normalized spacial score (nSPS) is 24.6. The van der Waals surface area contributed by atoms with E-state index in [1.165, 1.54) is 7.11 Å². The van der Waals surface area contributed by atoms with E-state index < -0.39 is 24.9 Å². The average molecular weight is 312 g/mol. The number of hydrogen-bond acceptors (Lipinski definition) is 4. The van der Waals surface area contributed by atoms with E-state index in [4.69, 9.17) is 15.2 Å². The molecule has 3 N–H and O–H groups in total. The molecule has 21 heavy (non-hydrogen) atoms. The Bertz CT molecular complexity index is 326. The number of ether oxygens (including phenoxy) is 2. The van der Waals surface area contributed by atoms with E-state index in [0.717, 1.165) is 12.8 Å². The van der Waals surface area contributed by atoms with Crippen molar-refractivity contribution in [2.24, 2.45) is 5.73 Å². The van der Waals surface area contributed by atoms with Crippen molar-refractivity contribution in [3.63, 3.8) is 0 Å². The van der Waals surface area contributed by atoms with Gasteiger partial charge in [-0.15, -0.1) is 0 Å². The third kappa shape index (κ3) is 7.63. The van der Waals surface area contributed by atoms with Crippen LogP contribution in [-0.2, 0) is 14.3 Å². The van der Waals surface area contributed by atoms with Gasteiger partial charge in [0.2, 0.25) is 5.91 Å². The Morgan fingerprint density at radius 1 is 1.43 bits per heavy atom. The first-order valence-corrected chi connectivity index (χ1v) is 7.05. The van der Waals surface area contributed by atoms with Gasteiger partial charge in [0.1, 0.15) is 6.61 Å². The number of nitrogens with two attached hydrogens (primary N) is 1. The Morgan fingerprint density at radius 3 is 2.76 bits per heavy atom. The lowest BCUT2D eigenvalue weighted by molar-refractivity contribution is -0.188. The van der Waals surface area contributed by atoms with Crippen molar-refractivity contribution in [3.8, 4) is 0 Å². The number of nitrogens with one attached hydrogen (secondary N) is 1. The van der Waals surface area contributed by atoms with Gasteiger partial charge in [-0.05, 0) is 32.1 Å². The standard InChI is InChI=1S/C13H23F3N2O3/c1-20-6-5-11(17)12(19)18-9-3-2-4-10(7-9)21-8-13(14,15)16/h9-11H,2-8,17H2,1H3,(H,18,19). The Morgan fingerprint density at radius 2 is 2.14 bits per heavy atom. The maximum Gasteiger partial charge on any atom is 0.411 e. The van der Waals surface area contributed by atoms with E-state index in [9.17, 15) is 18.0 Å². The zero-order valence-corrected chi connectivity index (χ0v) is 12.1. The van der Waals surface area contributed by atoms with Crippen molar-refractivity contribution >= 4 is 5.91 Å². The maximum absolute atomic E-state index is 12.1. The summed E-state index contributed by atoms with van der Waals surface area (Å²) in [5.74, 6) is -0.298. The molecule has 5 nitrogen and oxygen atoms in total. The molecule has 0 bridgehead atoms. The minimum absolute atomic E-state index is 0.182. The van der Waals surface area contributed by atoms with Gasteiger partial charge in [-0.25, -0.2) is 0 Å². The molecule has 0 aromatic carbocycles. The highest BCUT2D eigenvalue weighted by Gasteiger charge is 2.31. The van der Waals surface area contributed by atoms with Gasteiger partial charge in [0.05, 0.1) is 12.1 Å². The fraction of sp³-hybridized carbons (Fsp3) is 0.923. The van der Waals surface area contributed by atoms with Gasteiger partial charge in [0, 0.05) is 19.8 Å². The van der Waals surface area contributed by atoms with Crippen molar-refractivity contribution in [2.45, 2.75) is 56.5 Å². The van der Waals surface area contributed by atoms with Gasteiger partial charge >= 0.3 is 6.18 Å². The summed E-state index contributed by atoms with van der Waals surface area (Å²) in [6.07, 6.45) is -1.96. The second-order valence-corrected chi connectivity index (χ2v) is 5.31. The first-order valence-electron chi connectivity index (χ1n) is 7.05. The molecule has 1 amide bonds. The highest BCUT2D eigenvalue weighted by atomic mass is 19.4. The molecule has 0 aromatic heterocycles. The summed E-state index contributed by atoms with van der Waals surface area (Å²) in [6.45, 7) is -0.859. The molecule has 1 aliphatic rings.